The molecule has 1 fully saturated rings. The molecule has 0 bridgehead atoms. The molecule has 0 unspecified atom stereocenters. The Morgan fingerprint density at radius 1 is 0.971 bits per heavy atom. The van der Waals surface area contributed by atoms with Gasteiger partial charge in [-0.1, -0.05) is 57.9 Å². The Balaban J connectivity index is 1.40. The number of amides is 1. The number of carboxylic acids is 1. The number of fused-ring (bicyclic) bond motifs is 1. The number of piperazine rings is 1. The monoisotopic (exact) mass is 554 g/mol. The molecule has 0 radical (unpaired) electrons. The van der Waals surface area contributed by atoms with Crippen LogP contribution in [0.2, 0.25) is 5.02 Å². The summed E-state index contributed by atoms with van der Waals surface area (Å²) in [7, 11) is 0. The lowest BCUT2D eigenvalue weighted by Gasteiger charge is -2.37. The number of aromatic nitrogens is 2. The van der Waals surface area contributed by atoms with Gasteiger partial charge in [-0.3, -0.25) is 9.59 Å². The summed E-state index contributed by atoms with van der Waals surface area (Å²) >= 11 is 10.1. The van der Waals surface area contributed by atoms with Crippen molar-refractivity contribution in [2.24, 2.45) is 11.8 Å². The van der Waals surface area contributed by atoms with Crippen molar-refractivity contribution in [1.82, 2.24) is 14.9 Å². The van der Waals surface area contributed by atoms with Crippen LogP contribution in [-0.2, 0) is 9.59 Å². The number of halogens is 2. The van der Waals surface area contributed by atoms with Crippen LogP contribution in [0.1, 0.15) is 12.8 Å². The Labute approximate surface area is 216 Å². The first-order valence-electron chi connectivity index (χ1n) is 11.6. The van der Waals surface area contributed by atoms with Crippen LogP contribution >= 0.6 is 27.5 Å². The maximum Gasteiger partial charge on any atom is 0.307 e. The fraction of sp³-hybridized carbons (Fsp3) is 0.308. The lowest BCUT2D eigenvalue weighted by atomic mass is 9.82. The summed E-state index contributed by atoms with van der Waals surface area (Å²) in [5, 5.41) is 11.1. The molecule has 1 aliphatic heterocycles. The Morgan fingerprint density at radius 2 is 1.69 bits per heavy atom. The van der Waals surface area contributed by atoms with Crippen molar-refractivity contribution < 1.29 is 14.7 Å². The topological polar surface area (TPSA) is 86.6 Å². The number of benzene rings is 2. The van der Waals surface area contributed by atoms with Gasteiger partial charge in [-0.15, -0.1) is 0 Å². The highest BCUT2D eigenvalue weighted by atomic mass is 79.9. The highest BCUT2D eigenvalue weighted by Gasteiger charge is 2.37. The maximum absolute atomic E-state index is 13.2. The molecule has 1 saturated heterocycles. The fourth-order valence-corrected chi connectivity index (χ4v) is 5.40. The third-order valence-electron chi connectivity index (χ3n) is 6.72. The van der Waals surface area contributed by atoms with Crippen molar-refractivity contribution in [2.45, 2.75) is 12.8 Å². The van der Waals surface area contributed by atoms with Crippen LogP contribution in [-0.4, -0.2) is 58.0 Å². The van der Waals surface area contributed by atoms with E-state index in [1.807, 2.05) is 54.6 Å². The summed E-state index contributed by atoms with van der Waals surface area (Å²) in [5.41, 5.74) is 2.40. The van der Waals surface area contributed by atoms with Crippen LogP contribution in [0, 0.1) is 11.8 Å². The third kappa shape index (κ3) is 4.77. The third-order valence-corrected chi connectivity index (χ3v) is 7.54. The summed E-state index contributed by atoms with van der Waals surface area (Å²) in [4.78, 5) is 38.4. The summed E-state index contributed by atoms with van der Waals surface area (Å²) in [6, 6.07) is 13.5. The highest BCUT2D eigenvalue weighted by molar-refractivity contribution is 9.10. The van der Waals surface area contributed by atoms with Crippen LogP contribution in [0.5, 0.6) is 0 Å². The van der Waals surface area contributed by atoms with Gasteiger partial charge in [0, 0.05) is 46.6 Å². The molecule has 180 valence electrons. The second kappa shape index (κ2) is 9.95. The summed E-state index contributed by atoms with van der Waals surface area (Å²) < 4.78 is 0.930. The van der Waals surface area contributed by atoms with Gasteiger partial charge in [0.1, 0.15) is 0 Å². The van der Waals surface area contributed by atoms with Gasteiger partial charge < -0.3 is 14.9 Å². The molecule has 0 saturated carbocycles. The zero-order valence-corrected chi connectivity index (χ0v) is 21.2. The minimum Gasteiger partial charge on any atom is -0.481 e. The van der Waals surface area contributed by atoms with Crippen LogP contribution in [0.15, 0.2) is 59.1 Å². The first-order valence-corrected chi connectivity index (χ1v) is 12.7. The fourth-order valence-electron chi connectivity index (χ4n) is 4.81. The van der Waals surface area contributed by atoms with Crippen molar-refractivity contribution in [3.8, 4) is 11.3 Å². The average Bonchev–Trinajstić information content (AvgIpc) is 2.88. The quantitative estimate of drug-likeness (QED) is 0.455. The van der Waals surface area contributed by atoms with E-state index in [0.29, 0.717) is 50.0 Å². The molecule has 1 N–H and O–H groups in total. The van der Waals surface area contributed by atoms with Gasteiger partial charge in [-0.2, -0.15) is 0 Å². The smallest absolute Gasteiger partial charge is 0.307 e. The minimum atomic E-state index is -0.908. The van der Waals surface area contributed by atoms with E-state index in [1.54, 1.807) is 4.90 Å². The highest BCUT2D eigenvalue weighted by Crippen LogP contribution is 2.34. The largest absolute Gasteiger partial charge is 0.481 e. The number of carboxylic acid groups (broad SMARTS) is 1. The van der Waals surface area contributed by atoms with Crippen molar-refractivity contribution in [1.29, 1.82) is 0 Å². The number of hydrogen-bond donors (Lipinski definition) is 1. The van der Waals surface area contributed by atoms with Crippen LogP contribution in [0.3, 0.4) is 0 Å². The van der Waals surface area contributed by atoms with Crippen molar-refractivity contribution in [3.63, 3.8) is 0 Å². The van der Waals surface area contributed by atoms with E-state index in [4.69, 9.17) is 21.6 Å². The number of aliphatic carboxylic acids is 1. The lowest BCUT2D eigenvalue weighted by molar-refractivity contribution is -0.150. The van der Waals surface area contributed by atoms with E-state index in [9.17, 15) is 14.7 Å². The van der Waals surface area contributed by atoms with E-state index in [2.05, 4.69) is 20.8 Å². The molecule has 1 aromatic heterocycles. The Kier molecular flexibility index (Phi) is 6.75. The maximum atomic E-state index is 13.2. The number of carbonyl (C=O) groups is 2. The van der Waals surface area contributed by atoms with Crippen LogP contribution < -0.4 is 4.90 Å². The minimum absolute atomic E-state index is 0.0811. The van der Waals surface area contributed by atoms with E-state index in [0.717, 1.165) is 26.6 Å². The Morgan fingerprint density at radius 3 is 2.40 bits per heavy atom. The second-order valence-electron chi connectivity index (χ2n) is 8.82. The standard InChI is InChI=1S/C26H24BrClN4O3/c27-16-9-10-22-20(15-16)23(19-7-3-4-8-21(19)28)30-26(29-22)32-13-11-31(12-14-32)24(33)17-5-1-2-6-18(17)25(34)35/h1-4,7-10,15,17-18H,5-6,11-14H2,(H,34,35)/t17-,18+/m1/s1. The molecular weight excluding hydrogens is 532 g/mol. The zero-order chi connectivity index (χ0) is 24.5. The van der Waals surface area contributed by atoms with Crippen molar-refractivity contribution in [2.75, 3.05) is 31.1 Å². The molecule has 7 nitrogen and oxygen atoms in total. The molecule has 5 rings (SSSR count). The molecule has 9 heteroatoms. The number of nitrogens with zero attached hydrogens (tertiary/aromatic N) is 4. The average molecular weight is 556 g/mol. The summed E-state index contributed by atoms with van der Waals surface area (Å²) in [5.74, 6) is -1.57. The Hall–Kier alpha value is -2.97. The lowest BCUT2D eigenvalue weighted by Crippen LogP contribution is -2.52. The van der Waals surface area contributed by atoms with Crippen molar-refractivity contribution in [3.05, 3.63) is 64.1 Å². The second-order valence-corrected chi connectivity index (χ2v) is 10.1. The van der Waals surface area contributed by atoms with E-state index in [1.165, 1.54) is 0 Å². The van der Waals surface area contributed by atoms with Crippen molar-refractivity contribution >= 4 is 56.3 Å². The van der Waals surface area contributed by atoms with E-state index >= 15 is 0 Å². The first kappa shape index (κ1) is 23.8. The van der Waals surface area contributed by atoms with E-state index in [-0.39, 0.29) is 5.91 Å². The number of rotatable bonds is 4. The molecule has 1 aliphatic carbocycles. The summed E-state index contributed by atoms with van der Waals surface area (Å²) in [6.45, 7) is 2.12. The SMILES string of the molecule is O=C(O)[C@H]1CC=CC[C@H]1C(=O)N1CCN(c2nc(-c3ccccc3Cl)c3cc(Br)ccc3n2)CC1. The van der Waals surface area contributed by atoms with Crippen LogP contribution in [0.4, 0.5) is 5.95 Å². The predicted octanol–water partition coefficient (Wildman–Crippen LogP) is 5.03. The number of anilines is 1. The molecule has 2 atom stereocenters. The molecule has 35 heavy (non-hydrogen) atoms. The van der Waals surface area contributed by atoms with Gasteiger partial charge >= 0.3 is 5.97 Å². The first-order chi connectivity index (χ1) is 16.9. The number of carbonyl (C=O) groups excluding carboxylic acids is 1. The molecular formula is C26H24BrClN4O3. The van der Waals surface area contributed by atoms with Gasteiger partial charge in [0.05, 0.1) is 23.0 Å². The summed E-state index contributed by atoms with van der Waals surface area (Å²) in [6.07, 6.45) is 4.64. The molecule has 0 spiro atoms. The number of allylic oxidation sites excluding steroid dienone is 2. The van der Waals surface area contributed by atoms with E-state index < -0.39 is 17.8 Å². The number of hydrogen-bond acceptors (Lipinski definition) is 5. The van der Waals surface area contributed by atoms with Crippen LogP contribution in [0.25, 0.3) is 22.2 Å². The van der Waals surface area contributed by atoms with Gasteiger partial charge in [0.25, 0.3) is 0 Å². The molecule has 3 aromatic rings. The zero-order valence-electron chi connectivity index (χ0n) is 18.9. The van der Waals surface area contributed by atoms with Gasteiger partial charge in [-0.05, 0) is 37.1 Å². The molecule has 2 heterocycles. The van der Waals surface area contributed by atoms with Gasteiger partial charge in [0.15, 0.2) is 0 Å². The normalized spacial score (nSPS) is 20.3. The predicted molar refractivity (Wildman–Crippen MR) is 139 cm³/mol. The van der Waals surface area contributed by atoms with Gasteiger partial charge in [-0.25, -0.2) is 9.97 Å². The van der Waals surface area contributed by atoms with Gasteiger partial charge in [0.2, 0.25) is 11.9 Å². The Bertz CT molecular complexity index is 1320. The molecule has 1 amide bonds. The molecule has 2 aliphatic rings. The molecule has 2 aromatic carbocycles.